The van der Waals surface area contributed by atoms with E-state index in [0.717, 1.165) is 18.8 Å². The van der Waals surface area contributed by atoms with E-state index in [2.05, 4.69) is 31.4 Å². The van der Waals surface area contributed by atoms with Crippen LogP contribution in [-0.4, -0.2) is 36.9 Å². The van der Waals surface area contributed by atoms with Crippen molar-refractivity contribution >= 4 is 45.3 Å². The zero-order chi connectivity index (χ0) is 20.1. The Kier molecular flexibility index (Phi) is 6.80. The summed E-state index contributed by atoms with van der Waals surface area (Å²) in [6, 6.07) is 9.08. The zero-order valence-corrected chi connectivity index (χ0v) is 17.8. The van der Waals surface area contributed by atoms with E-state index in [1.807, 2.05) is 12.1 Å². The molecule has 0 atom stereocenters. The Balaban J connectivity index is 1.68. The fraction of sp³-hybridized carbons (Fsp3) is 0.300. The van der Waals surface area contributed by atoms with E-state index < -0.39 is 0 Å². The van der Waals surface area contributed by atoms with Gasteiger partial charge in [0.2, 0.25) is 0 Å². The second kappa shape index (κ2) is 9.30. The van der Waals surface area contributed by atoms with Gasteiger partial charge < -0.3 is 14.7 Å². The highest BCUT2D eigenvalue weighted by atomic mass is 79.9. The molecule has 0 radical (unpaired) electrons. The average molecular weight is 467 g/mol. The Bertz CT molecular complexity index is 881. The summed E-state index contributed by atoms with van der Waals surface area (Å²) in [7, 11) is 0. The van der Waals surface area contributed by atoms with E-state index in [-0.39, 0.29) is 22.4 Å². The van der Waals surface area contributed by atoms with Crippen LogP contribution in [0.2, 0.25) is 5.02 Å². The van der Waals surface area contributed by atoms with Crippen LogP contribution in [-0.2, 0) is 0 Å². The van der Waals surface area contributed by atoms with Gasteiger partial charge in [-0.1, -0.05) is 11.6 Å². The Labute approximate surface area is 177 Å². The number of amides is 1. The Hall–Kier alpha value is -2.25. The quantitative estimate of drug-likeness (QED) is 0.483. The normalized spacial score (nSPS) is 13.9. The lowest BCUT2D eigenvalue weighted by atomic mass is 10.2. The standard InChI is InChI=1S/C20H21BrClN3O3/c1-2-28-16-11-14(17(21)18(22)19(16)26)12-23-24-20(27)13-5-7-15(8-6-13)25-9-3-4-10-25/h5-8,11-12,26H,2-4,9-10H2,1H3,(H,24,27)/b23-12-. The van der Waals surface area contributed by atoms with Gasteiger partial charge in [0.1, 0.15) is 5.02 Å². The molecule has 0 spiro atoms. The Morgan fingerprint density at radius 3 is 2.68 bits per heavy atom. The number of ether oxygens (including phenoxy) is 1. The number of phenols is 1. The highest BCUT2D eigenvalue weighted by molar-refractivity contribution is 9.10. The molecule has 28 heavy (non-hydrogen) atoms. The number of carbonyl (C=O) groups excluding carboxylic acids is 1. The van der Waals surface area contributed by atoms with E-state index in [1.165, 1.54) is 19.1 Å². The monoisotopic (exact) mass is 465 g/mol. The van der Waals surface area contributed by atoms with Crippen molar-refractivity contribution in [3.8, 4) is 11.5 Å². The number of rotatable bonds is 6. The molecule has 2 aromatic carbocycles. The Morgan fingerprint density at radius 1 is 1.36 bits per heavy atom. The molecule has 2 aromatic rings. The smallest absolute Gasteiger partial charge is 0.271 e. The predicted molar refractivity (Wildman–Crippen MR) is 115 cm³/mol. The Morgan fingerprint density at radius 2 is 2.04 bits per heavy atom. The van der Waals surface area contributed by atoms with Crippen LogP contribution in [0.25, 0.3) is 0 Å². The average Bonchev–Trinajstić information content (AvgIpc) is 3.24. The van der Waals surface area contributed by atoms with Crippen molar-refractivity contribution in [2.24, 2.45) is 5.10 Å². The summed E-state index contributed by atoms with van der Waals surface area (Å²) in [5.41, 5.74) is 4.72. The van der Waals surface area contributed by atoms with E-state index in [4.69, 9.17) is 16.3 Å². The van der Waals surface area contributed by atoms with Gasteiger partial charge in [-0.05, 0) is 66.0 Å². The van der Waals surface area contributed by atoms with Crippen molar-refractivity contribution in [1.29, 1.82) is 0 Å². The third kappa shape index (κ3) is 4.59. The van der Waals surface area contributed by atoms with Crippen molar-refractivity contribution in [3.05, 3.63) is 51.0 Å². The van der Waals surface area contributed by atoms with Crippen LogP contribution in [0.4, 0.5) is 5.69 Å². The summed E-state index contributed by atoms with van der Waals surface area (Å²) in [6.07, 6.45) is 3.85. The molecule has 0 bridgehead atoms. The maximum Gasteiger partial charge on any atom is 0.271 e. The van der Waals surface area contributed by atoms with Gasteiger partial charge in [-0.25, -0.2) is 5.43 Å². The molecule has 3 rings (SSSR count). The van der Waals surface area contributed by atoms with Crippen molar-refractivity contribution in [2.45, 2.75) is 19.8 Å². The summed E-state index contributed by atoms with van der Waals surface area (Å²) in [4.78, 5) is 14.6. The van der Waals surface area contributed by atoms with Crippen LogP contribution in [0.15, 0.2) is 39.9 Å². The maximum absolute atomic E-state index is 12.3. The van der Waals surface area contributed by atoms with Crippen molar-refractivity contribution < 1.29 is 14.6 Å². The topological polar surface area (TPSA) is 74.2 Å². The van der Waals surface area contributed by atoms with Gasteiger partial charge in [0.15, 0.2) is 11.5 Å². The first-order chi connectivity index (χ1) is 13.5. The molecular weight excluding hydrogens is 446 g/mol. The molecular formula is C20H21BrClN3O3. The number of nitrogens with zero attached hydrogens (tertiary/aromatic N) is 2. The first-order valence-corrected chi connectivity index (χ1v) is 10.2. The van der Waals surface area contributed by atoms with Gasteiger partial charge in [0.05, 0.1) is 12.8 Å². The van der Waals surface area contributed by atoms with E-state index in [0.29, 0.717) is 22.2 Å². The first kappa shape index (κ1) is 20.5. The van der Waals surface area contributed by atoms with Crippen LogP contribution in [0.1, 0.15) is 35.7 Å². The van der Waals surface area contributed by atoms with Crippen LogP contribution in [0, 0.1) is 0 Å². The molecule has 148 valence electrons. The second-order valence-corrected chi connectivity index (χ2v) is 7.48. The van der Waals surface area contributed by atoms with Crippen LogP contribution < -0.4 is 15.1 Å². The SMILES string of the molecule is CCOc1cc(/C=N\NC(=O)c2ccc(N3CCCC3)cc2)c(Br)c(Cl)c1O. The summed E-state index contributed by atoms with van der Waals surface area (Å²) < 4.78 is 5.82. The lowest BCUT2D eigenvalue weighted by Gasteiger charge is -2.17. The molecule has 8 heteroatoms. The molecule has 1 heterocycles. The second-order valence-electron chi connectivity index (χ2n) is 6.31. The molecule has 6 nitrogen and oxygen atoms in total. The molecule has 1 saturated heterocycles. The van der Waals surface area contributed by atoms with E-state index >= 15 is 0 Å². The maximum atomic E-state index is 12.3. The molecule has 1 fully saturated rings. The third-order valence-corrected chi connectivity index (χ3v) is 5.89. The fourth-order valence-electron chi connectivity index (χ4n) is 3.00. The van der Waals surface area contributed by atoms with Gasteiger partial charge >= 0.3 is 0 Å². The lowest BCUT2D eigenvalue weighted by molar-refractivity contribution is 0.0955. The molecule has 0 aromatic heterocycles. The van der Waals surface area contributed by atoms with Crippen molar-refractivity contribution in [1.82, 2.24) is 5.43 Å². The van der Waals surface area contributed by atoms with E-state index in [1.54, 1.807) is 25.1 Å². The number of nitrogens with one attached hydrogen (secondary N) is 1. The highest BCUT2D eigenvalue weighted by Gasteiger charge is 2.15. The van der Waals surface area contributed by atoms with Gasteiger partial charge in [-0.3, -0.25) is 4.79 Å². The number of hydrazone groups is 1. The van der Waals surface area contributed by atoms with Crippen LogP contribution in [0.5, 0.6) is 11.5 Å². The van der Waals surface area contributed by atoms with Gasteiger partial charge in [-0.15, -0.1) is 0 Å². The number of carbonyl (C=O) groups is 1. The number of hydrogen-bond acceptors (Lipinski definition) is 5. The minimum absolute atomic E-state index is 0.122. The summed E-state index contributed by atoms with van der Waals surface area (Å²) in [6.45, 7) is 4.30. The number of benzene rings is 2. The minimum Gasteiger partial charge on any atom is -0.503 e. The molecule has 2 N–H and O–H groups in total. The largest absolute Gasteiger partial charge is 0.503 e. The first-order valence-electron chi connectivity index (χ1n) is 9.03. The number of hydrogen-bond donors (Lipinski definition) is 2. The van der Waals surface area contributed by atoms with Crippen LogP contribution >= 0.6 is 27.5 Å². The van der Waals surface area contributed by atoms with Crippen LogP contribution in [0.3, 0.4) is 0 Å². The summed E-state index contributed by atoms with van der Waals surface area (Å²) >= 11 is 9.41. The lowest BCUT2D eigenvalue weighted by Crippen LogP contribution is -2.19. The summed E-state index contributed by atoms with van der Waals surface area (Å²) in [5.74, 6) is -0.203. The molecule has 1 aliphatic rings. The summed E-state index contributed by atoms with van der Waals surface area (Å²) in [5, 5.41) is 14.1. The van der Waals surface area contributed by atoms with E-state index in [9.17, 15) is 9.90 Å². The number of aromatic hydroxyl groups is 1. The molecule has 1 aliphatic heterocycles. The number of anilines is 1. The third-order valence-electron chi connectivity index (χ3n) is 4.44. The van der Waals surface area contributed by atoms with Gasteiger partial charge in [0.25, 0.3) is 5.91 Å². The molecule has 0 unspecified atom stereocenters. The van der Waals surface area contributed by atoms with Gasteiger partial charge in [-0.2, -0.15) is 5.10 Å². The number of phenolic OH excluding ortho intramolecular Hbond substituents is 1. The zero-order valence-electron chi connectivity index (χ0n) is 15.4. The molecule has 0 saturated carbocycles. The van der Waals surface area contributed by atoms with Gasteiger partial charge in [0, 0.05) is 34.4 Å². The minimum atomic E-state index is -0.310. The van der Waals surface area contributed by atoms with Crippen molar-refractivity contribution in [2.75, 3.05) is 24.6 Å². The highest BCUT2D eigenvalue weighted by Crippen LogP contribution is 2.41. The molecule has 0 aliphatic carbocycles. The molecule has 1 amide bonds. The number of halogens is 2. The fourth-order valence-corrected chi connectivity index (χ4v) is 3.60. The predicted octanol–water partition coefficient (Wildman–Crippen LogP) is 4.57. The van der Waals surface area contributed by atoms with Crippen molar-refractivity contribution in [3.63, 3.8) is 0 Å².